The Kier molecular flexibility index (Phi) is 3.62. The molecule has 1 saturated carbocycles. The van der Waals surface area contributed by atoms with Gasteiger partial charge in [0.15, 0.2) is 0 Å². The van der Waals surface area contributed by atoms with Gasteiger partial charge in [0.05, 0.1) is 6.61 Å². The summed E-state index contributed by atoms with van der Waals surface area (Å²) in [5.41, 5.74) is 8.95. The first-order valence-corrected chi connectivity index (χ1v) is 7.73. The molecule has 1 aliphatic heterocycles. The second-order valence-electron chi connectivity index (χ2n) is 5.56. The summed E-state index contributed by atoms with van der Waals surface area (Å²) < 4.78 is 6.97. The average Bonchev–Trinajstić information content (AvgIpc) is 2.80. The van der Waals surface area contributed by atoms with E-state index in [1.54, 1.807) is 0 Å². The molecule has 2 nitrogen and oxygen atoms in total. The van der Waals surface area contributed by atoms with Crippen LogP contribution >= 0.6 is 15.9 Å². The number of halogens is 1. The largest absolute Gasteiger partial charge is 0.493 e. The van der Waals surface area contributed by atoms with Crippen LogP contribution in [0.25, 0.3) is 0 Å². The van der Waals surface area contributed by atoms with Gasteiger partial charge >= 0.3 is 0 Å². The van der Waals surface area contributed by atoms with Crippen LogP contribution in [-0.4, -0.2) is 12.6 Å². The topological polar surface area (TPSA) is 35.2 Å². The van der Waals surface area contributed by atoms with E-state index in [1.165, 1.54) is 41.3 Å². The lowest BCUT2D eigenvalue weighted by Crippen LogP contribution is -2.34. The minimum absolute atomic E-state index is 0.370. The van der Waals surface area contributed by atoms with E-state index >= 15 is 0 Å². The minimum Gasteiger partial charge on any atom is -0.493 e. The third kappa shape index (κ3) is 2.43. The van der Waals surface area contributed by atoms with Gasteiger partial charge in [0.1, 0.15) is 5.75 Å². The van der Waals surface area contributed by atoms with Crippen molar-refractivity contribution in [2.75, 3.05) is 6.61 Å². The van der Waals surface area contributed by atoms with Crippen LogP contribution in [0.4, 0.5) is 0 Å². The Hall–Kier alpha value is -0.540. The van der Waals surface area contributed by atoms with Gasteiger partial charge in [0, 0.05) is 16.9 Å². The van der Waals surface area contributed by atoms with Crippen LogP contribution < -0.4 is 10.5 Å². The molecule has 1 fully saturated rings. The first kappa shape index (κ1) is 12.5. The molecule has 2 N–H and O–H groups in total. The summed E-state index contributed by atoms with van der Waals surface area (Å²) in [5.74, 6) is 1.76. The fraction of sp³-hybridized carbons (Fsp3) is 0.600. The smallest absolute Gasteiger partial charge is 0.125 e. The van der Waals surface area contributed by atoms with Gasteiger partial charge in [-0.15, -0.1) is 0 Å². The molecule has 2 atom stereocenters. The molecule has 98 valence electrons. The summed E-state index contributed by atoms with van der Waals surface area (Å²) in [4.78, 5) is 0. The lowest BCUT2D eigenvalue weighted by Gasteiger charge is -2.29. The highest BCUT2D eigenvalue weighted by Gasteiger charge is 2.25. The molecule has 0 aromatic heterocycles. The molecule has 18 heavy (non-hydrogen) atoms. The quantitative estimate of drug-likeness (QED) is 0.908. The van der Waals surface area contributed by atoms with E-state index in [4.69, 9.17) is 10.5 Å². The van der Waals surface area contributed by atoms with Crippen LogP contribution in [0.15, 0.2) is 16.6 Å². The van der Waals surface area contributed by atoms with Crippen molar-refractivity contribution in [2.45, 2.75) is 44.6 Å². The maximum absolute atomic E-state index is 6.26. The molecule has 3 heteroatoms. The molecule has 1 aromatic carbocycles. The second kappa shape index (κ2) is 5.22. The maximum Gasteiger partial charge on any atom is 0.125 e. The van der Waals surface area contributed by atoms with E-state index in [0.29, 0.717) is 12.0 Å². The van der Waals surface area contributed by atoms with Crippen LogP contribution in [0, 0.1) is 5.92 Å². The molecule has 0 bridgehead atoms. The highest BCUT2D eigenvalue weighted by atomic mass is 79.9. The first-order chi connectivity index (χ1) is 8.74. The van der Waals surface area contributed by atoms with Crippen LogP contribution in [0.5, 0.6) is 5.75 Å². The van der Waals surface area contributed by atoms with Crippen molar-refractivity contribution in [3.05, 3.63) is 27.7 Å². The summed E-state index contributed by atoms with van der Waals surface area (Å²) >= 11 is 3.61. The summed E-state index contributed by atoms with van der Waals surface area (Å²) in [6, 6.07) is 4.77. The molecule has 2 aliphatic rings. The Morgan fingerprint density at radius 1 is 1.28 bits per heavy atom. The Balaban J connectivity index is 1.84. The predicted octanol–water partition coefficient (Wildman–Crippen LogP) is 3.44. The minimum atomic E-state index is 0.370. The van der Waals surface area contributed by atoms with E-state index in [9.17, 15) is 0 Å². The predicted molar refractivity (Wildman–Crippen MR) is 77.0 cm³/mol. The normalized spacial score (nSPS) is 26.8. The average molecular weight is 310 g/mol. The number of fused-ring (bicyclic) bond motifs is 1. The van der Waals surface area contributed by atoms with E-state index < -0.39 is 0 Å². The third-order valence-electron chi connectivity index (χ3n) is 4.28. The van der Waals surface area contributed by atoms with Gasteiger partial charge in [0.25, 0.3) is 0 Å². The van der Waals surface area contributed by atoms with Crippen molar-refractivity contribution in [1.29, 1.82) is 0 Å². The molecule has 1 heterocycles. The van der Waals surface area contributed by atoms with Crippen LogP contribution in [0.1, 0.15) is 36.8 Å². The molecule has 0 radical (unpaired) electrons. The van der Waals surface area contributed by atoms with Gasteiger partial charge < -0.3 is 10.5 Å². The highest BCUT2D eigenvalue weighted by Crippen LogP contribution is 2.36. The van der Waals surface area contributed by atoms with Gasteiger partial charge in [-0.25, -0.2) is 0 Å². The Labute approximate surface area is 117 Å². The summed E-state index contributed by atoms with van der Waals surface area (Å²) in [6.45, 7) is 0.829. The van der Waals surface area contributed by atoms with Gasteiger partial charge in [0.2, 0.25) is 0 Å². The highest BCUT2D eigenvalue weighted by molar-refractivity contribution is 9.10. The SMILES string of the molecule is NC1CCCCC1Cc1cc(Br)cc2c1OCC2. The van der Waals surface area contributed by atoms with E-state index in [1.807, 2.05) is 0 Å². The van der Waals surface area contributed by atoms with Crippen molar-refractivity contribution in [1.82, 2.24) is 0 Å². The fourth-order valence-corrected chi connectivity index (χ4v) is 3.82. The molecule has 3 rings (SSSR count). The maximum atomic E-state index is 6.26. The number of ether oxygens (including phenoxy) is 1. The van der Waals surface area contributed by atoms with Gasteiger partial charge in [-0.1, -0.05) is 28.8 Å². The first-order valence-electron chi connectivity index (χ1n) is 6.94. The number of hydrogen-bond acceptors (Lipinski definition) is 2. The Morgan fingerprint density at radius 3 is 2.94 bits per heavy atom. The zero-order valence-corrected chi connectivity index (χ0v) is 12.2. The molecule has 0 amide bonds. The summed E-state index contributed by atoms with van der Waals surface area (Å²) in [5, 5.41) is 0. The third-order valence-corrected chi connectivity index (χ3v) is 4.73. The van der Waals surface area contributed by atoms with Gasteiger partial charge in [-0.3, -0.25) is 0 Å². The molecule has 0 spiro atoms. The molecular weight excluding hydrogens is 290 g/mol. The summed E-state index contributed by atoms with van der Waals surface area (Å²) in [7, 11) is 0. The van der Waals surface area contributed by atoms with Crippen LogP contribution in [0.2, 0.25) is 0 Å². The molecule has 1 aliphatic carbocycles. The van der Waals surface area contributed by atoms with Crippen LogP contribution in [-0.2, 0) is 12.8 Å². The molecule has 0 saturated heterocycles. The van der Waals surface area contributed by atoms with Gasteiger partial charge in [-0.05, 0) is 48.4 Å². The zero-order valence-electron chi connectivity index (χ0n) is 10.6. The van der Waals surface area contributed by atoms with E-state index in [0.717, 1.165) is 25.2 Å². The van der Waals surface area contributed by atoms with Crippen molar-refractivity contribution < 1.29 is 4.74 Å². The van der Waals surface area contributed by atoms with E-state index in [-0.39, 0.29) is 0 Å². The number of rotatable bonds is 2. The standard InChI is InChI=1S/C15H20BrNO/c16-13-8-11-5-6-18-15(11)12(9-13)7-10-3-1-2-4-14(10)17/h8-10,14H,1-7,17H2. The fourth-order valence-electron chi connectivity index (χ4n) is 3.27. The number of benzene rings is 1. The lowest BCUT2D eigenvalue weighted by molar-refractivity contribution is 0.300. The zero-order chi connectivity index (χ0) is 12.5. The van der Waals surface area contributed by atoms with Gasteiger partial charge in [-0.2, -0.15) is 0 Å². The van der Waals surface area contributed by atoms with Crippen molar-refractivity contribution in [3.8, 4) is 5.75 Å². The monoisotopic (exact) mass is 309 g/mol. The molecule has 2 unspecified atom stereocenters. The summed E-state index contributed by atoms with van der Waals surface area (Å²) in [6.07, 6.45) is 7.19. The Morgan fingerprint density at radius 2 is 2.11 bits per heavy atom. The van der Waals surface area contributed by atoms with Crippen molar-refractivity contribution in [3.63, 3.8) is 0 Å². The molecule has 1 aromatic rings. The molecular formula is C15H20BrNO. The lowest BCUT2D eigenvalue weighted by atomic mass is 9.81. The van der Waals surface area contributed by atoms with E-state index in [2.05, 4.69) is 28.1 Å². The van der Waals surface area contributed by atoms with Crippen molar-refractivity contribution in [2.24, 2.45) is 11.7 Å². The number of nitrogens with two attached hydrogens (primary N) is 1. The Bertz CT molecular complexity index is 446. The van der Waals surface area contributed by atoms with Crippen LogP contribution in [0.3, 0.4) is 0 Å². The number of hydrogen-bond donors (Lipinski definition) is 1. The second-order valence-corrected chi connectivity index (χ2v) is 6.48. The van der Waals surface area contributed by atoms with Crippen molar-refractivity contribution >= 4 is 15.9 Å².